The van der Waals surface area contributed by atoms with Crippen molar-refractivity contribution in [2.75, 3.05) is 39.5 Å². The van der Waals surface area contributed by atoms with Gasteiger partial charge in [-0.15, -0.1) is 0 Å². The van der Waals surface area contributed by atoms with E-state index in [1.165, 1.54) is 30.2 Å². The van der Waals surface area contributed by atoms with Crippen LogP contribution in [-0.4, -0.2) is 44.2 Å². The average Bonchev–Trinajstić information content (AvgIpc) is 3.17. The molecule has 5 nitrogen and oxygen atoms in total. The number of hydrogen-bond acceptors (Lipinski definition) is 4. The molecule has 0 aliphatic rings. The first kappa shape index (κ1) is 27.4. The highest BCUT2D eigenvalue weighted by atomic mass is 15.0. The maximum atomic E-state index is 4.78. The summed E-state index contributed by atoms with van der Waals surface area (Å²) in [5, 5.41) is 10.8. The van der Waals surface area contributed by atoms with E-state index in [0.29, 0.717) is 5.92 Å². The molecule has 2 rings (SSSR count). The Morgan fingerprint density at radius 1 is 1.00 bits per heavy atom. The Hall–Kier alpha value is -1.59. The Balaban J connectivity index is 0.00000143. The van der Waals surface area contributed by atoms with Crippen molar-refractivity contribution < 1.29 is 0 Å². The molecule has 0 bridgehead atoms. The Labute approximate surface area is 179 Å². The molecule has 0 aromatic carbocycles. The standard InChI is InChI=1S/C20H34N4.C2H7N.C2H6/c1-5-8-15(6-2)13-22-19-10-9-17-18(14-23-20(17)24-19)16(7-3)11-12-21-4;1-3-2;1-2/h9-10,14-16,21H,5-8,11-13H2,1-4H3,(H2,22,23,24);3H,1-2H3;1-2H3. The van der Waals surface area contributed by atoms with Crippen LogP contribution < -0.4 is 16.0 Å². The minimum absolute atomic E-state index is 0.584. The molecular formula is C24H47N5. The lowest BCUT2D eigenvalue weighted by molar-refractivity contribution is 0.487. The largest absolute Gasteiger partial charge is 0.370 e. The van der Waals surface area contributed by atoms with Gasteiger partial charge < -0.3 is 20.9 Å². The van der Waals surface area contributed by atoms with Gasteiger partial charge in [-0.2, -0.15) is 0 Å². The van der Waals surface area contributed by atoms with Crippen molar-refractivity contribution in [1.29, 1.82) is 0 Å². The van der Waals surface area contributed by atoms with Crippen molar-refractivity contribution in [3.05, 3.63) is 23.9 Å². The molecule has 2 aromatic rings. The molecule has 0 aliphatic carbocycles. The lowest BCUT2D eigenvalue weighted by Crippen LogP contribution is -2.14. The molecule has 2 unspecified atom stereocenters. The highest BCUT2D eigenvalue weighted by Gasteiger charge is 2.15. The van der Waals surface area contributed by atoms with Gasteiger partial charge in [0, 0.05) is 18.1 Å². The number of rotatable bonds is 11. The van der Waals surface area contributed by atoms with E-state index < -0.39 is 0 Å². The average molecular weight is 406 g/mol. The summed E-state index contributed by atoms with van der Waals surface area (Å²) < 4.78 is 0. The highest BCUT2D eigenvalue weighted by molar-refractivity contribution is 5.82. The summed E-state index contributed by atoms with van der Waals surface area (Å²) in [6.45, 7) is 12.9. The van der Waals surface area contributed by atoms with Crippen molar-refractivity contribution in [3.63, 3.8) is 0 Å². The van der Waals surface area contributed by atoms with Crippen LogP contribution in [0.2, 0.25) is 0 Å². The molecule has 2 aromatic heterocycles. The number of anilines is 1. The van der Waals surface area contributed by atoms with E-state index in [0.717, 1.165) is 43.3 Å². The van der Waals surface area contributed by atoms with Crippen LogP contribution in [0.15, 0.2) is 18.3 Å². The zero-order valence-electron chi connectivity index (χ0n) is 20.3. The Bertz CT molecular complexity index is 623. The molecule has 5 heteroatoms. The normalized spacial score (nSPS) is 12.4. The predicted octanol–water partition coefficient (Wildman–Crippen LogP) is 5.77. The van der Waals surface area contributed by atoms with Gasteiger partial charge in [-0.1, -0.05) is 47.5 Å². The monoisotopic (exact) mass is 405 g/mol. The third-order valence-corrected chi connectivity index (χ3v) is 5.09. The van der Waals surface area contributed by atoms with Gasteiger partial charge in [-0.25, -0.2) is 4.98 Å². The fourth-order valence-electron chi connectivity index (χ4n) is 3.47. The van der Waals surface area contributed by atoms with Crippen LogP contribution in [0.3, 0.4) is 0 Å². The van der Waals surface area contributed by atoms with Crippen molar-refractivity contribution in [3.8, 4) is 0 Å². The maximum Gasteiger partial charge on any atom is 0.139 e. The Morgan fingerprint density at radius 3 is 2.24 bits per heavy atom. The van der Waals surface area contributed by atoms with E-state index >= 15 is 0 Å². The minimum atomic E-state index is 0.584. The van der Waals surface area contributed by atoms with E-state index in [2.05, 4.69) is 60.0 Å². The number of hydrogen-bond donors (Lipinski definition) is 4. The molecule has 0 saturated heterocycles. The van der Waals surface area contributed by atoms with E-state index in [1.807, 2.05) is 35.0 Å². The highest BCUT2D eigenvalue weighted by Crippen LogP contribution is 2.30. The quantitative estimate of drug-likeness (QED) is 0.383. The van der Waals surface area contributed by atoms with Gasteiger partial charge in [0.2, 0.25) is 0 Å². The van der Waals surface area contributed by atoms with Crippen molar-refractivity contribution in [1.82, 2.24) is 20.6 Å². The first-order valence-corrected chi connectivity index (χ1v) is 11.6. The Morgan fingerprint density at radius 2 is 1.69 bits per heavy atom. The van der Waals surface area contributed by atoms with Gasteiger partial charge in [0.15, 0.2) is 0 Å². The first-order valence-electron chi connectivity index (χ1n) is 11.6. The van der Waals surface area contributed by atoms with Crippen LogP contribution in [0.5, 0.6) is 0 Å². The van der Waals surface area contributed by atoms with E-state index in [-0.39, 0.29) is 0 Å². The first-order chi connectivity index (χ1) is 14.1. The number of H-pyrrole nitrogens is 1. The third kappa shape index (κ3) is 9.64. The molecular weight excluding hydrogens is 358 g/mol. The number of aromatic nitrogens is 2. The molecule has 4 N–H and O–H groups in total. The molecule has 2 heterocycles. The van der Waals surface area contributed by atoms with Gasteiger partial charge in [0.1, 0.15) is 11.5 Å². The minimum Gasteiger partial charge on any atom is -0.370 e. The summed E-state index contributed by atoms with van der Waals surface area (Å²) in [5.41, 5.74) is 2.40. The van der Waals surface area contributed by atoms with E-state index in [1.54, 1.807) is 0 Å². The number of aromatic amines is 1. The predicted molar refractivity (Wildman–Crippen MR) is 131 cm³/mol. The molecule has 0 aliphatic heterocycles. The zero-order valence-corrected chi connectivity index (χ0v) is 20.3. The summed E-state index contributed by atoms with van der Waals surface area (Å²) in [4.78, 5) is 8.15. The molecule has 0 saturated carbocycles. The SMILES string of the molecule is CC.CCCC(CC)CNc1ccc2c(C(CC)CCNC)c[nH]c2n1.CNC. The maximum absolute atomic E-state index is 4.78. The number of fused-ring (bicyclic) bond motifs is 1. The molecule has 0 spiro atoms. The zero-order chi connectivity index (χ0) is 22.1. The fraction of sp³-hybridized carbons (Fsp3) is 0.708. The van der Waals surface area contributed by atoms with Crippen molar-refractivity contribution >= 4 is 16.9 Å². The molecule has 2 atom stereocenters. The molecule has 0 amide bonds. The topological polar surface area (TPSA) is 64.8 Å². The fourth-order valence-corrected chi connectivity index (χ4v) is 3.47. The summed E-state index contributed by atoms with van der Waals surface area (Å²) in [6.07, 6.45) is 8.22. The van der Waals surface area contributed by atoms with Gasteiger partial charge in [0.25, 0.3) is 0 Å². The summed E-state index contributed by atoms with van der Waals surface area (Å²) >= 11 is 0. The number of pyridine rings is 1. The van der Waals surface area contributed by atoms with Crippen LogP contribution in [0.4, 0.5) is 5.82 Å². The number of nitrogens with zero attached hydrogens (tertiary/aromatic N) is 1. The van der Waals surface area contributed by atoms with E-state index in [4.69, 9.17) is 4.98 Å². The molecule has 29 heavy (non-hydrogen) atoms. The molecule has 168 valence electrons. The molecule has 0 fully saturated rings. The van der Waals surface area contributed by atoms with Crippen molar-refractivity contribution in [2.45, 2.75) is 72.6 Å². The smallest absolute Gasteiger partial charge is 0.139 e. The third-order valence-electron chi connectivity index (χ3n) is 5.09. The summed E-state index contributed by atoms with van der Waals surface area (Å²) in [5.74, 6) is 2.30. The lowest BCUT2D eigenvalue weighted by atomic mass is 9.93. The van der Waals surface area contributed by atoms with Gasteiger partial charge in [-0.3, -0.25) is 0 Å². The summed E-state index contributed by atoms with van der Waals surface area (Å²) in [7, 11) is 5.77. The van der Waals surface area contributed by atoms with Gasteiger partial charge in [-0.05, 0) is 76.5 Å². The van der Waals surface area contributed by atoms with Crippen LogP contribution in [0.1, 0.15) is 78.2 Å². The van der Waals surface area contributed by atoms with Crippen LogP contribution in [0.25, 0.3) is 11.0 Å². The van der Waals surface area contributed by atoms with Crippen LogP contribution in [0, 0.1) is 5.92 Å². The second kappa shape index (κ2) is 17.3. The lowest BCUT2D eigenvalue weighted by Gasteiger charge is -2.15. The van der Waals surface area contributed by atoms with E-state index in [9.17, 15) is 0 Å². The van der Waals surface area contributed by atoms with Crippen molar-refractivity contribution in [2.24, 2.45) is 5.92 Å². The molecule has 0 radical (unpaired) electrons. The van der Waals surface area contributed by atoms with Gasteiger partial charge >= 0.3 is 0 Å². The Kier molecular flexibility index (Phi) is 16.3. The second-order valence-corrected chi connectivity index (χ2v) is 7.28. The number of nitrogens with one attached hydrogen (secondary N) is 4. The van der Waals surface area contributed by atoms with Crippen LogP contribution in [-0.2, 0) is 0 Å². The van der Waals surface area contributed by atoms with Gasteiger partial charge in [0.05, 0.1) is 0 Å². The summed E-state index contributed by atoms with van der Waals surface area (Å²) in [6, 6.07) is 4.35. The second-order valence-electron chi connectivity index (χ2n) is 7.28. The van der Waals surface area contributed by atoms with Crippen LogP contribution >= 0.6 is 0 Å².